The predicted molar refractivity (Wildman–Crippen MR) is 94.8 cm³/mol. The van der Waals surface area contributed by atoms with Crippen LogP contribution in [0.25, 0.3) is 0 Å². The minimum Gasteiger partial charge on any atom is -0.457 e. The first kappa shape index (κ1) is 19.0. The summed E-state index contributed by atoms with van der Waals surface area (Å²) in [7, 11) is -3.88. The van der Waals surface area contributed by atoms with E-state index in [1.165, 1.54) is 19.1 Å². The lowest BCUT2D eigenvalue weighted by Gasteiger charge is -2.21. The second kappa shape index (κ2) is 7.70. The van der Waals surface area contributed by atoms with Crippen LogP contribution in [0, 0.1) is 12.8 Å². The molecule has 0 spiro atoms. The van der Waals surface area contributed by atoms with E-state index in [4.69, 9.17) is 8.92 Å². The molecule has 0 aromatic heterocycles. The summed E-state index contributed by atoms with van der Waals surface area (Å²) >= 11 is 0. The summed E-state index contributed by atoms with van der Waals surface area (Å²) in [5, 5.41) is 0. The minimum absolute atomic E-state index is 0.0898. The highest BCUT2D eigenvalue weighted by Gasteiger charge is 2.20. The van der Waals surface area contributed by atoms with Crippen LogP contribution in [0.3, 0.4) is 0 Å². The topological polar surface area (TPSA) is 69.7 Å². The van der Waals surface area contributed by atoms with Gasteiger partial charge in [0.25, 0.3) is 0 Å². The van der Waals surface area contributed by atoms with Crippen LogP contribution in [0.2, 0.25) is 0 Å². The Hall–Kier alpha value is -2.34. The standard InChI is InChI=1S/C19H22O5S/c1-13(2)19(23-15(4)20)16-7-9-17(10-8-16)24-25(21,22)18-11-5-14(3)6-12-18/h5-13,19H,1-4H3. The molecule has 2 rings (SSSR count). The van der Waals surface area contributed by atoms with Gasteiger partial charge in [0, 0.05) is 6.92 Å². The Balaban J connectivity index is 2.19. The van der Waals surface area contributed by atoms with Gasteiger partial charge in [-0.1, -0.05) is 43.7 Å². The van der Waals surface area contributed by atoms with E-state index < -0.39 is 10.1 Å². The summed E-state index contributed by atoms with van der Waals surface area (Å²) in [6.45, 7) is 7.13. The number of ether oxygens (including phenoxy) is 1. The van der Waals surface area contributed by atoms with Crippen molar-refractivity contribution in [2.24, 2.45) is 5.92 Å². The molecular weight excluding hydrogens is 340 g/mol. The smallest absolute Gasteiger partial charge is 0.339 e. The average molecular weight is 362 g/mol. The maximum Gasteiger partial charge on any atom is 0.339 e. The highest BCUT2D eigenvalue weighted by molar-refractivity contribution is 7.87. The Kier molecular flexibility index (Phi) is 5.85. The van der Waals surface area contributed by atoms with Crippen molar-refractivity contribution in [1.82, 2.24) is 0 Å². The summed E-state index contributed by atoms with van der Waals surface area (Å²) in [6.07, 6.45) is -0.389. The lowest BCUT2D eigenvalue weighted by molar-refractivity contribution is -0.149. The van der Waals surface area contributed by atoms with E-state index >= 15 is 0 Å². The van der Waals surface area contributed by atoms with Gasteiger partial charge in [0.2, 0.25) is 0 Å². The van der Waals surface area contributed by atoms with Crippen molar-refractivity contribution in [1.29, 1.82) is 0 Å². The Morgan fingerprint density at radius 3 is 2.00 bits per heavy atom. The molecule has 5 nitrogen and oxygen atoms in total. The summed E-state index contributed by atoms with van der Waals surface area (Å²) in [4.78, 5) is 11.3. The third-order valence-corrected chi connectivity index (χ3v) is 4.88. The zero-order valence-corrected chi connectivity index (χ0v) is 15.5. The molecule has 6 heteroatoms. The molecule has 0 fully saturated rings. The van der Waals surface area contributed by atoms with Crippen LogP contribution in [-0.2, 0) is 19.6 Å². The number of rotatable bonds is 6. The van der Waals surface area contributed by atoms with E-state index in [0.717, 1.165) is 11.1 Å². The van der Waals surface area contributed by atoms with E-state index in [-0.39, 0.29) is 28.6 Å². The van der Waals surface area contributed by atoms with E-state index in [0.29, 0.717) is 0 Å². The fourth-order valence-electron chi connectivity index (χ4n) is 2.36. The second-order valence-electron chi connectivity index (χ2n) is 6.19. The van der Waals surface area contributed by atoms with E-state index in [1.54, 1.807) is 36.4 Å². The first-order valence-corrected chi connectivity index (χ1v) is 9.38. The van der Waals surface area contributed by atoms with Crippen LogP contribution in [0.5, 0.6) is 5.75 Å². The molecule has 134 valence electrons. The maximum atomic E-state index is 12.3. The molecule has 0 radical (unpaired) electrons. The summed E-state index contributed by atoms with van der Waals surface area (Å²) < 4.78 is 35.1. The number of benzene rings is 2. The molecule has 0 aliphatic heterocycles. The molecule has 0 saturated carbocycles. The summed E-state index contributed by atoms with van der Waals surface area (Å²) in [5.41, 5.74) is 1.75. The predicted octanol–water partition coefficient (Wildman–Crippen LogP) is 4.02. The fraction of sp³-hybridized carbons (Fsp3) is 0.316. The highest BCUT2D eigenvalue weighted by atomic mass is 32.2. The molecule has 0 saturated heterocycles. The van der Waals surface area contributed by atoms with Crippen molar-refractivity contribution in [2.45, 2.75) is 38.7 Å². The number of hydrogen-bond donors (Lipinski definition) is 0. The first-order valence-electron chi connectivity index (χ1n) is 7.97. The Morgan fingerprint density at radius 1 is 0.960 bits per heavy atom. The number of hydrogen-bond acceptors (Lipinski definition) is 5. The molecule has 25 heavy (non-hydrogen) atoms. The molecule has 0 bridgehead atoms. The highest BCUT2D eigenvalue weighted by Crippen LogP contribution is 2.28. The van der Waals surface area contributed by atoms with Crippen LogP contribution < -0.4 is 4.18 Å². The minimum atomic E-state index is -3.88. The van der Waals surface area contributed by atoms with Gasteiger partial charge < -0.3 is 8.92 Å². The van der Waals surface area contributed by atoms with Gasteiger partial charge in [-0.2, -0.15) is 8.42 Å². The SMILES string of the molecule is CC(=O)OC(c1ccc(OS(=O)(=O)c2ccc(C)cc2)cc1)C(C)C. The van der Waals surface area contributed by atoms with Crippen LogP contribution in [0.15, 0.2) is 53.4 Å². The molecule has 2 aromatic carbocycles. The molecule has 0 aliphatic carbocycles. The van der Waals surface area contributed by atoms with Gasteiger partial charge in [0.05, 0.1) is 0 Å². The zero-order valence-electron chi connectivity index (χ0n) is 14.7. The second-order valence-corrected chi connectivity index (χ2v) is 7.74. The zero-order chi connectivity index (χ0) is 18.6. The van der Waals surface area contributed by atoms with E-state index in [9.17, 15) is 13.2 Å². The molecule has 1 atom stereocenters. The van der Waals surface area contributed by atoms with Crippen molar-refractivity contribution >= 4 is 16.1 Å². The van der Waals surface area contributed by atoms with Crippen molar-refractivity contribution in [3.05, 3.63) is 59.7 Å². The molecule has 0 amide bonds. The largest absolute Gasteiger partial charge is 0.457 e. The number of carbonyl (C=O) groups is 1. The van der Waals surface area contributed by atoms with E-state index in [2.05, 4.69) is 0 Å². The lowest BCUT2D eigenvalue weighted by atomic mass is 9.99. The number of carbonyl (C=O) groups excluding carboxylic acids is 1. The third kappa shape index (κ3) is 5.06. The Morgan fingerprint density at radius 2 is 1.52 bits per heavy atom. The van der Waals surface area contributed by atoms with Gasteiger partial charge >= 0.3 is 16.1 Å². The molecule has 0 aliphatic rings. The van der Waals surface area contributed by atoms with E-state index in [1.807, 2.05) is 20.8 Å². The molecule has 1 unspecified atom stereocenters. The van der Waals surface area contributed by atoms with Gasteiger partial charge in [-0.3, -0.25) is 4.79 Å². The van der Waals surface area contributed by atoms with Crippen molar-refractivity contribution in [2.75, 3.05) is 0 Å². The van der Waals surface area contributed by atoms with Gasteiger partial charge in [-0.25, -0.2) is 0 Å². The van der Waals surface area contributed by atoms with Gasteiger partial charge in [0.15, 0.2) is 0 Å². The molecule has 0 heterocycles. The van der Waals surface area contributed by atoms with Gasteiger partial charge in [0.1, 0.15) is 16.7 Å². The molecule has 0 N–H and O–H groups in total. The van der Waals surface area contributed by atoms with Crippen LogP contribution in [0.4, 0.5) is 0 Å². The van der Waals surface area contributed by atoms with Crippen molar-refractivity contribution < 1.29 is 22.1 Å². The summed E-state index contributed by atoms with van der Waals surface area (Å²) in [6, 6.07) is 13.0. The summed E-state index contributed by atoms with van der Waals surface area (Å²) in [5.74, 6) is -0.0670. The number of esters is 1. The van der Waals surface area contributed by atoms with Crippen LogP contribution in [-0.4, -0.2) is 14.4 Å². The van der Waals surface area contributed by atoms with Gasteiger partial charge in [-0.15, -0.1) is 0 Å². The first-order chi connectivity index (χ1) is 11.7. The van der Waals surface area contributed by atoms with Crippen molar-refractivity contribution in [3.8, 4) is 5.75 Å². The Labute approximate surface area is 148 Å². The normalized spacial score (nSPS) is 12.7. The van der Waals surface area contributed by atoms with Crippen LogP contribution >= 0.6 is 0 Å². The van der Waals surface area contributed by atoms with Crippen molar-refractivity contribution in [3.63, 3.8) is 0 Å². The average Bonchev–Trinajstić information content (AvgIpc) is 2.53. The number of aryl methyl sites for hydroxylation is 1. The molecule has 2 aromatic rings. The lowest BCUT2D eigenvalue weighted by Crippen LogP contribution is -2.14. The maximum absolute atomic E-state index is 12.3. The van der Waals surface area contributed by atoms with Gasteiger partial charge in [-0.05, 0) is 42.7 Å². The fourth-order valence-corrected chi connectivity index (χ4v) is 3.29. The third-order valence-electron chi connectivity index (χ3n) is 3.62. The molecular formula is C19H22O5S. The Bertz CT molecular complexity index is 821. The van der Waals surface area contributed by atoms with Crippen LogP contribution in [0.1, 0.15) is 38.0 Å². The quantitative estimate of drug-likeness (QED) is 0.573. The monoisotopic (exact) mass is 362 g/mol.